The fourth-order valence-electron chi connectivity index (χ4n) is 1.46. The molecule has 0 saturated carbocycles. The second-order valence-corrected chi connectivity index (χ2v) is 4.77. The van der Waals surface area contributed by atoms with E-state index in [1.54, 1.807) is 18.2 Å². The number of nitrogens with zero attached hydrogens (tertiary/aromatic N) is 2. The first-order chi connectivity index (χ1) is 10.1. The summed E-state index contributed by atoms with van der Waals surface area (Å²) >= 11 is 3.28. The van der Waals surface area contributed by atoms with Gasteiger partial charge in [0, 0.05) is 16.9 Å². The van der Waals surface area contributed by atoms with Crippen LogP contribution < -0.4 is 10.1 Å². The highest BCUT2D eigenvalue weighted by molar-refractivity contribution is 9.10. The van der Waals surface area contributed by atoms with Crippen LogP contribution in [0.25, 0.3) is 0 Å². The van der Waals surface area contributed by atoms with Crippen LogP contribution >= 0.6 is 15.9 Å². The van der Waals surface area contributed by atoms with Gasteiger partial charge in [-0.3, -0.25) is 4.79 Å². The van der Waals surface area contributed by atoms with Gasteiger partial charge < -0.3 is 15.2 Å². The molecular weight excluding hydrogens is 342 g/mol. The quantitative estimate of drug-likeness (QED) is 0.853. The number of carboxylic acid groups (broad SMARTS) is 1. The molecule has 1 aromatic heterocycles. The summed E-state index contributed by atoms with van der Waals surface area (Å²) in [6.07, 6.45) is 2.52. The monoisotopic (exact) mass is 351 g/mol. The van der Waals surface area contributed by atoms with Crippen LogP contribution in [0.2, 0.25) is 0 Å². The maximum Gasteiger partial charge on any atom is 0.358 e. The largest absolute Gasteiger partial charge is 0.484 e. The fourth-order valence-corrected chi connectivity index (χ4v) is 1.84. The Morgan fingerprint density at radius 3 is 2.76 bits per heavy atom. The Morgan fingerprint density at radius 1 is 1.29 bits per heavy atom. The number of aromatic carboxylic acids is 1. The van der Waals surface area contributed by atoms with E-state index in [2.05, 4.69) is 31.2 Å². The molecule has 7 nitrogen and oxygen atoms in total. The molecular formula is C13H10BrN3O4. The van der Waals surface area contributed by atoms with Gasteiger partial charge in [0.05, 0.1) is 0 Å². The number of hydrogen-bond acceptors (Lipinski definition) is 5. The Balaban J connectivity index is 1.98. The van der Waals surface area contributed by atoms with Crippen LogP contribution in [0.15, 0.2) is 41.1 Å². The van der Waals surface area contributed by atoms with Crippen LogP contribution in [0, 0.1) is 0 Å². The zero-order valence-corrected chi connectivity index (χ0v) is 12.2. The van der Waals surface area contributed by atoms with Crippen molar-refractivity contribution in [3.8, 4) is 5.75 Å². The van der Waals surface area contributed by atoms with Crippen molar-refractivity contribution in [2.75, 3.05) is 11.9 Å². The maximum atomic E-state index is 11.7. The van der Waals surface area contributed by atoms with E-state index in [1.807, 2.05) is 6.07 Å². The zero-order valence-electron chi connectivity index (χ0n) is 10.6. The lowest BCUT2D eigenvalue weighted by Gasteiger charge is -2.08. The van der Waals surface area contributed by atoms with Crippen LogP contribution in [0.4, 0.5) is 5.82 Å². The molecule has 0 unspecified atom stereocenters. The van der Waals surface area contributed by atoms with Crippen molar-refractivity contribution in [1.29, 1.82) is 0 Å². The second kappa shape index (κ2) is 6.80. The Bertz CT molecular complexity index is 678. The van der Waals surface area contributed by atoms with E-state index < -0.39 is 11.9 Å². The number of aromatic nitrogens is 2. The van der Waals surface area contributed by atoms with Gasteiger partial charge in [-0.15, -0.1) is 0 Å². The van der Waals surface area contributed by atoms with Crippen LogP contribution in [0.5, 0.6) is 5.75 Å². The lowest BCUT2D eigenvalue weighted by atomic mass is 10.3. The Hall–Kier alpha value is -2.48. The average molecular weight is 352 g/mol. The summed E-state index contributed by atoms with van der Waals surface area (Å²) in [5.74, 6) is -1.41. The minimum atomic E-state index is -1.27. The normalized spacial score (nSPS) is 9.95. The van der Waals surface area contributed by atoms with Crippen LogP contribution in [0.3, 0.4) is 0 Å². The van der Waals surface area contributed by atoms with E-state index in [1.165, 1.54) is 12.4 Å². The highest BCUT2D eigenvalue weighted by Gasteiger charge is 2.15. The van der Waals surface area contributed by atoms with Crippen molar-refractivity contribution in [3.05, 3.63) is 46.8 Å². The molecule has 1 amide bonds. The van der Waals surface area contributed by atoms with Crippen molar-refractivity contribution in [1.82, 2.24) is 9.97 Å². The molecule has 1 aromatic carbocycles. The number of carbonyl (C=O) groups excluding carboxylic acids is 1. The molecule has 0 bridgehead atoms. The smallest absolute Gasteiger partial charge is 0.358 e. The standard InChI is InChI=1S/C13H10BrN3O4/c14-8-2-1-3-9(6-8)21-7-10(18)17-12-11(13(19)20)15-4-5-16-12/h1-6H,7H2,(H,19,20)(H,16,17,18). The summed E-state index contributed by atoms with van der Waals surface area (Å²) in [4.78, 5) is 30.1. The van der Waals surface area contributed by atoms with Crippen molar-refractivity contribution in [2.24, 2.45) is 0 Å². The highest BCUT2D eigenvalue weighted by atomic mass is 79.9. The van der Waals surface area contributed by atoms with Gasteiger partial charge in [0.2, 0.25) is 0 Å². The number of anilines is 1. The zero-order chi connectivity index (χ0) is 15.2. The number of carbonyl (C=O) groups is 2. The van der Waals surface area contributed by atoms with Crippen molar-refractivity contribution in [2.45, 2.75) is 0 Å². The van der Waals surface area contributed by atoms with Crippen molar-refractivity contribution < 1.29 is 19.4 Å². The number of ether oxygens (including phenoxy) is 1. The predicted molar refractivity (Wildman–Crippen MR) is 77.3 cm³/mol. The maximum absolute atomic E-state index is 11.7. The SMILES string of the molecule is O=C(COc1cccc(Br)c1)Nc1nccnc1C(=O)O. The lowest BCUT2D eigenvalue weighted by Crippen LogP contribution is -2.22. The molecule has 8 heteroatoms. The van der Waals surface area contributed by atoms with Crippen LogP contribution in [0.1, 0.15) is 10.5 Å². The number of amides is 1. The third-order valence-corrected chi connectivity index (χ3v) is 2.82. The van der Waals surface area contributed by atoms with Crippen molar-refractivity contribution >= 4 is 33.6 Å². The molecule has 0 spiro atoms. The lowest BCUT2D eigenvalue weighted by molar-refractivity contribution is -0.118. The third-order valence-electron chi connectivity index (χ3n) is 2.32. The summed E-state index contributed by atoms with van der Waals surface area (Å²) in [6.45, 7) is -0.272. The Labute approximate surface area is 128 Å². The van der Waals surface area contributed by atoms with E-state index in [9.17, 15) is 9.59 Å². The number of benzene rings is 1. The number of hydrogen-bond donors (Lipinski definition) is 2. The van der Waals surface area contributed by atoms with Gasteiger partial charge in [-0.1, -0.05) is 22.0 Å². The Morgan fingerprint density at radius 2 is 2.05 bits per heavy atom. The third kappa shape index (κ3) is 4.25. The topological polar surface area (TPSA) is 101 Å². The first kappa shape index (κ1) is 14.9. The minimum absolute atomic E-state index is 0.118. The molecule has 108 valence electrons. The summed E-state index contributed by atoms with van der Waals surface area (Å²) in [7, 11) is 0. The molecule has 0 saturated heterocycles. The molecule has 0 aliphatic carbocycles. The molecule has 0 aliphatic heterocycles. The van der Waals surface area contributed by atoms with Gasteiger partial charge in [0.15, 0.2) is 18.1 Å². The van der Waals surface area contributed by atoms with Crippen LogP contribution in [-0.4, -0.2) is 33.6 Å². The number of rotatable bonds is 5. The molecule has 0 aliphatic rings. The molecule has 0 radical (unpaired) electrons. The molecule has 2 rings (SSSR count). The molecule has 2 aromatic rings. The predicted octanol–water partition coefficient (Wildman–Crippen LogP) is 1.95. The average Bonchev–Trinajstić information content (AvgIpc) is 2.45. The van der Waals surface area contributed by atoms with E-state index in [4.69, 9.17) is 9.84 Å². The molecule has 2 N–H and O–H groups in total. The summed E-state index contributed by atoms with van der Waals surface area (Å²) in [6, 6.07) is 7.00. The first-order valence-corrected chi connectivity index (χ1v) is 6.58. The number of nitrogens with one attached hydrogen (secondary N) is 1. The van der Waals surface area contributed by atoms with E-state index in [0.29, 0.717) is 5.75 Å². The summed E-state index contributed by atoms with van der Waals surface area (Å²) in [5, 5.41) is 11.3. The van der Waals surface area contributed by atoms with Crippen molar-refractivity contribution in [3.63, 3.8) is 0 Å². The van der Waals surface area contributed by atoms with Gasteiger partial charge in [-0.05, 0) is 18.2 Å². The second-order valence-electron chi connectivity index (χ2n) is 3.85. The summed E-state index contributed by atoms with van der Waals surface area (Å²) < 4.78 is 6.11. The molecule has 21 heavy (non-hydrogen) atoms. The fraction of sp³-hybridized carbons (Fsp3) is 0.0769. The van der Waals surface area contributed by atoms with Gasteiger partial charge in [-0.25, -0.2) is 14.8 Å². The number of carboxylic acids is 1. The minimum Gasteiger partial charge on any atom is -0.484 e. The molecule has 1 heterocycles. The summed E-state index contributed by atoms with van der Waals surface area (Å²) in [5.41, 5.74) is -0.326. The molecule has 0 fully saturated rings. The first-order valence-electron chi connectivity index (χ1n) is 5.79. The number of halogens is 1. The van der Waals surface area contributed by atoms with E-state index in [0.717, 1.165) is 4.47 Å². The van der Waals surface area contributed by atoms with Gasteiger partial charge in [0.1, 0.15) is 5.75 Å². The molecule has 0 atom stereocenters. The Kier molecular flexibility index (Phi) is 4.83. The van der Waals surface area contributed by atoms with Crippen LogP contribution in [-0.2, 0) is 4.79 Å². The highest BCUT2D eigenvalue weighted by Crippen LogP contribution is 2.17. The van der Waals surface area contributed by atoms with E-state index in [-0.39, 0.29) is 18.1 Å². The van der Waals surface area contributed by atoms with E-state index >= 15 is 0 Å². The van der Waals surface area contributed by atoms with Gasteiger partial charge >= 0.3 is 5.97 Å². The van der Waals surface area contributed by atoms with Gasteiger partial charge in [0.25, 0.3) is 5.91 Å². The van der Waals surface area contributed by atoms with Gasteiger partial charge in [-0.2, -0.15) is 0 Å².